The van der Waals surface area contributed by atoms with Crippen molar-refractivity contribution in [2.75, 3.05) is 0 Å². The van der Waals surface area contributed by atoms with Crippen molar-refractivity contribution in [1.29, 1.82) is 0 Å². The molecule has 2 nitrogen and oxygen atoms in total. The maximum atomic E-state index is 8.46. The van der Waals surface area contributed by atoms with Crippen molar-refractivity contribution >= 4 is 8.69 Å². The smallest absolute Gasteiger partial charge is 0.310 e. The van der Waals surface area contributed by atoms with Gasteiger partial charge in [0, 0.05) is 0 Å². The second kappa shape index (κ2) is 12.4. The fourth-order valence-electron chi connectivity index (χ4n) is 0.612. The molecule has 0 radical (unpaired) electrons. The second-order valence-electron chi connectivity index (χ2n) is 2.14. The van der Waals surface area contributed by atoms with Crippen LogP contribution in [0.15, 0.2) is 0 Å². The van der Waals surface area contributed by atoms with Crippen LogP contribution in [-0.4, -0.2) is 4.89 Å². The third-order valence-electron chi connectivity index (χ3n) is 1.27. The zero-order valence-corrected chi connectivity index (χ0v) is 10.6. The first-order valence-electron chi connectivity index (χ1n) is 3.52. The molecule has 57 valence electrons. The van der Waals surface area contributed by atoms with Crippen molar-refractivity contribution in [3.05, 3.63) is 0 Å². The maximum Gasteiger partial charge on any atom is 0.324 e. The average molecular weight is 215 g/mol. The van der Waals surface area contributed by atoms with Crippen LogP contribution >= 0.6 is 8.69 Å². The summed E-state index contributed by atoms with van der Waals surface area (Å²) in [7, 11) is -0.833. The van der Waals surface area contributed by atoms with Crippen LogP contribution in [0, 0.1) is 0 Å². The fraction of sp³-hybridized carbons (Fsp3) is 1.00. The predicted octanol–water partition coefficient (Wildman–Crippen LogP) is 2.72. The van der Waals surface area contributed by atoms with Crippen LogP contribution in [0.5, 0.6) is 0 Å². The van der Waals surface area contributed by atoms with Gasteiger partial charge in [0.15, 0.2) is 0 Å². The van der Waals surface area contributed by atoms with Crippen LogP contribution in [0.25, 0.3) is 0 Å². The molecule has 1 N–H and O–H groups in total. The van der Waals surface area contributed by atoms with Crippen molar-refractivity contribution in [3.63, 3.8) is 0 Å². The van der Waals surface area contributed by atoms with Gasteiger partial charge in [-0.25, -0.2) is 4.57 Å². The normalized spacial score (nSPS) is 12.1. The Kier molecular flexibility index (Phi) is 16.4. The monoisotopic (exact) mass is 213 g/mol. The molecular formula is C6H14O2PZn. The van der Waals surface area contributed by atoms with Gasteiger partial charge in [-0.2, -0.15) is 0 Å². The quantitative estimate of drug-likeness (QED) is 0.579. The molecule has 0 amide bonds. The van der Waals surface area contributed by atoms with Gasteiger partial charge in [-0.05, 0) is 0 Å². The zero-order chi connectivity index (χ0) is 8.41. The minimum atomic E-state index is -0.833. The Morgan fingerprint density at radius 2 is 2.00 bits per heavy atom. The van der Waals surface area contributed by atoms with Crippen LogP contribution in [0.3, 0.4) is 0 Å². The molecule has 0 aliphatic carbocycles. The Labute approximate surface area is 74.4 Å². The van der Waals surface area contributed by atoms with Crippen LogP contribution in [0.2, 0.25) is 4.51 Å². The Hall–Kier alpha value is 0.683. The van der Waals surface area contributed by atoms with Gasteiger partial charge in [-0.15, -0.1) is 0 Å². The Morgan fingerprint density at radius 1 is 1.60 bits per heavy atom. The van der Waals surface area contributed by atoms with Gasteiger partial charge in [0.1, 0.15) is 0 Å². The fourth-order valence-corrected chi connectivity index (χ4v) is 1.47. The molecule has 0 aliphatic heterocycles. The van der Waals surface area contributed by atoms with Gasteiger partial charge < -0.3 is 4.89 Å². The van der Waals surface area contributed by atoms with E-state index in [4.69, 9.17) is 9.46 Å². The molecule has 0 saturated carbocycles. The van der Waals surface area contributed by atoms with Crippen molar-refractivity contribution in [3.8, 4) is 0 Å². The summed E-state index contributed by atoms with van der Waals surface area (Å²) >= 11 is 1.49. The van der Waals surface area contributed by atoms with E-state index in [0.29, 0.717) is 0 Å². The molecular weight excluding hydrogens is 200 g/mol. The molecule has 0 aliphatic rings. The molecule has 4 heteroatoms. The van der Waals surface area contributed by atoms with Gasteiger partial charge in [0.25, 0.3) is 0 Å². The summed E-state index contributed by atoms with van der Waals surface area (Å²) in [6.45, 7) is 4.54. The summed E-state index contributed by atoms with van der Waals surface area (Å²) in [4.78, 5) is 6.99. The SMILES string of the molecule is CCC[CH]([Zn])CC.O=PO. The largest absolute Gasteiger partial charge is 0.324 e. The molecule has 0 aromatic rings. The Balaban J connectivity index is 0. The summed E-state index contributed by atoms with van der Waals surface area (Å²) in [5.74, 6) is 0. The van der Waals surface area contributed by atoms with Crippen molar-refractivity contribution < 1.29 is 27.8 Å². The molecule has 0 bridgehead atoms. The van der Waals surface area contributed by atoms with Crippen molar-refractivity contribution in [2.45, 2.75) is 37.6 Å². The summed E-state index contributed by atoms with van der Waals surface area (Å²) in [6.07, 6.45) is 4.23. The molecule has 10 heavy (non-hydrogen) atoms. The first kappa shape index (κ1) is 13.3. The number of rotatable bonds is 3. The van der Waals surface area contributed by atoms with Crippen LogP contribution in [0.4, 0.5) is 0 Å². The average Bonchev–Trinajstić information content (AvgIpc) is 1.90. The molecule has 0 rings (SSSR count). The van der Waals surface area contributed by atoms with E-state index in [1.54, 1.807) is 0 Å². The Morgan fingerprint density at radius 3 is 2.10 bits per heavy atom. The van der Waals surface area contributed by atoms with Gasteiger partial charge in [0.2, 0.25) is 0 Å². The van der Waals surface area contributed by atoms with E-state index in [2.05, 4.69) is 13.8 Å². The van der Waals surface area contributed by atoms with Gasteiger partial charge in [-0.3, -0.25) is 0 Å². The van der Waals surface area contributed by atoms with E-state index >= 15 is 0 Å². The van der Waals surface area contributed by atoms with E-state index in [1.165, 1.54) is 37.6 Å². The molecule has 0 saturated heterocycles. The predicted molar refractivity (Wildman–Crippen MR) is 38.8 cm³/mol. The minimum absolute atomic E-state index is 0.833. The van der Waals surface area contributed by atoms with E-state index in [-0.39, 0.29) is 0 Å². The molecule has 1 atom stereocenters. The van der Waals surface area contributed by atoms with Crippen LogP contribution in [-0.2, 0) is 22.9 Å². The molecule has 0 spiro atoms. The van der Waals surface area contributed by atoms with Crippen LogP contribution in [0.1, 0.15) is 33.1 Å². The topological polar surface area (TPSA) is 37.3 Å². The third-order valence-corrected chi connectivity index (χ3v) is 3.34. The molecule has 0 aromatic heterocycles. The number of hydrogen-bond donors (Lipinski definition) is 1. The second-order valence-corrected chi connectivity index (χ2v) is 4.73. The molecule has 0 aromatic carbocycles. The molecule has 1 unspecified atom stereocenters. The Bertz CT molecular complexity index is 70.8. The van der Waals surface area contributed by atoms with Crippen LogP contribution < -0.4 is 0 Å². The molecule has 0 fully saturated rings. The zero-order valence-electron chi connectivity index (χ0n) is 6.71. The van der Waals surface area contributed by atoms with Gasteiger partial charge in [-0.1, -0.05) is 0 Å². The van der Waals surface area contributed by atoms with E-state index in [9.17, 15) is 0 Å². The van der Waals surface area contributed by atoms with Crippen molar-refractivity contribution in [1.82, 2.24) is 0 Å². The van der Waals surface area contributed by atoms with E-state index < -0.39 is 8.69 Å². The summed E-state index contributed by atoms with van der Waals surface area (Å²) < 4.78 is 9.53. The van der Waals surface area contributed by atoms with Gasteiger partial charge >= 0.3 is 64.6 Å². The van der Waals surface area contributed by atoms with E-state index in [1.807, 2.05) is 0 Å². The molecule has 0 heterocycles. The summed E-state index contributed by atoms with van der Waals surface area (Å²) in [5, 5.41) is 0. The number of hydrogen-bond acceptors (Lipinski definition) is 1. The first-order valence-corrected chi connectivity index (χ1v) is 6.00. The minimum Gasteiger partial charge on any atom is -0.310 e. The first-order chi connectivity index (χ1) is 4.72. The van der Waals surface area contributed by atoms with E-state index in [0.717, 1.165) is 4.51 Å². The summed E-state index contributed by atoms with van der Waals surface area (Å²) in [6, 6.07) is 0. The van der Waals surface area contributed by atoms with Crippen molar-refractivity contribution in [2.24, 2.45) is 0 Å². The third kappa shape index (κ3) is 15.9. The van der Waals surface area contributed by atoms with Gasteiger partial charge in [0.05, 0.1) is 0 Å². The summed E-state index contributed by atoms with van der Waals surface area (Å²) in [5.41, 5.74) is 0. The maximum absolute atomic E-state index is 8.46. The standard InChI is InChI=1S/C6H13.HO2P.Zn/c1-3-5-6-4-2;1-3-2;/h5H,3-4,6H2,1-2H3;(H,1,2);.